The van der Waals surface area contributed by atoms with Crippen LogP contribution in [0.3, 0.4) is 0 Å². The molecule has 10 heteroatoms. The van der Waals surface area contributed by atoms with Crippen LogP contribution in [0.15, 0.2) is 71.2 Å². The minimum absolute atomic E-state index is 0.0822. The molecule has 2 aliphatic rings. The molecular formula is C36H8N10. The molecule has 2 aliphatic carbocycles. The molecule has 0 bridgehead atoms. The van der Waals surface area contributed by atoms with E-state index in [4.69, 9.17) is 26.3 Å². The van der Waals surface area contributed by atoms with E-state index in [2.05, 4.69) is 19.4 Å². The minimum Gasteiger partial charge on any atom is -0.251 e. The maximum Gasteiger partial charge on any atom is 0.270 e. The van der Waals surface area contributed by atoms with Crippen LogP contribution in [0, 0.1) is 94.3 Å². The van der Waals surface area contributed by atoms with E-state index in [1.54, 1.807) is 24.3 Å². The van der Waals surface area contributed by atoms with Gasteiger partial charge in [-0.05, 0) is 68.8 Å². The van der Waals surface area contributed by atoms with Crippen molar-refractivity contribution in [1.82, 2.24) is 0 Å². The molecule has 0 amide bonds. The van der Waals surface area contributed by atoms with Crippen molar-refractivity contribution in [3.63, 3.8) is 0 Å². The van der Waals surface area contributed by atoms with E-state index in [0.29, 0.717) is 16.7 Å². The first-order valence-electron chi connectivity index (χ1n) is 12.8. The van der Waals surface area contributed by atoms with E-state index in [1.807, 2.05) is 36.4 Å². The molecule has 0 heterocycles. The van der Waals surface area contributed by atoms with E-state index in [-0.39, 0.29) is 72.6 Å². The molecule has 5 rings (SSSR count). The number of hydrogen-bond acceptors (Lipinski definition) is 6. The van der Waals surface area contributed by atoms with Crippen LogP contribution < -0.4 is 0 Å². The maximum atomic E-state index is 10.5. The minimum atomic E-state index is -0.512. The number of benzene rings is 3. The summed E-state index contributed by atoms with van der Waals surface area (Å²) in [6.45, 7) is 31.7. The summed E-state index contributed by atoms with van der Waals surface area (Å²) in [6, 6.07) is 23.8. The molecule has 0 spiro atoms. The van der Waals surface area contributed by atoms with Gasteiger partial charge in [-0.15, -0.1) is 0 Å². The molecule has 0 aromatic heterocycles. The summed E-state index contributed by atoms with van der Waals surface area (Å²) < 4.78 is 0. The average molecular weight is 581 g/mol. The normalized spacial score (nSPS) is 14.2. The van der Waals surface area contributed by atoms with Gasteiger partial charge in [-0.2, -0.15) is 21.0 Å². The molecule has 10 nitrogen and oxygen atoms in total. The third-order valence-electron chi connectivity index (χ3n) is 7.41. The van der Waals surface area contributed by atoms with Crippen molar-refractivity contribution in [2.45, 2.75) is 0 Å². The Morgan fingerprint density at radius 3 is 1.28 bits per heavy atom. The van der Waals surface area contributed by atoms with E-state index >= 15 is 0 Å². The molecule has 46 heavy (non-hydrogen) atoms. The molecule has 0 aliphatic heterocycles. The lowest BCUT2D eigenvalue weighted by molar-refractivity contribution is 1.44. The van der Waals surface area contributed by atoms with Crippen LogP contribution in [0.4, 0.5) is 0 Å². The quantitative estimate of drug-likeness (QED) is 0.227. The van der Waals surface area contributed by atoms with E-state index < -0.39 is 11.4 Å². The zero-order valence-corrected chi connectivity index (χ0v) is 23.1. The summed E-state index contributed by atoms with van der Waals surface area (Å²) in [5.41, 5.74) is -0.329. The Balaban J connectivity index is 2.26. The molecule has 0 unspecified atom stereocenters. The molecule has 3 aromatic carbocycles. The van der Waals surface area contributed by atoms with E-state index in [9.17, 15) is 31.6 Å². The van der Waals surface area contributed by atoms with Gasteiger partial charge < -0.3 is 0 Å². The van der Waals surface area contributed by atoms with Crippen LogP contribution in [-0.2, 0) is 0 Å². The Bertz CT molecular complexity index is 2380. The van der Waals surface area contributed by atoms with Gasteiger partial charge in [0, 0.05) is 11.1 Å². The first-order valence-corrected chi connectivity index (χ1v) is 12.8. The van der Waals surface area contributed by atoms with Gasteiger partial charge in [0.25, 0.3) is 11.4 Å². The number of nitriles is 6. The lowest BCUT2D eigenvalue weighted by Gasteiger charge is -2.24. The van der Waals surface area contributed by atoms with Crippen LogP contribution in [0.5, 0.6) is 0 Å². The zero-order chi connectivity index (χ0) is 33.1. The Morgan fingerprint density at radius 1 is 0.457 bits per heavy atom. The van der Waals surface area contributed by atoms with Crippen molar-refractivity contribution in [1.29, 1.82) is 31.6 Å². The summed E-state index contributed by atoms with van der Waals surface area (Å²) in [6.07, 6.45) is 0. The second kappa shape index (κ2) is 11.4. The lowest BCUT2D eigenvalue weighted by atomic mass is 9.79. The molecule has 0 saturated carbocycles. The fourth-order valence-corrected chi connectivity index (χ4v) is 5.65. The van der Waals surface area contributed by atoms with Crippen LogP contribution >= 0.6 is 0 Å². The number of hydrogen-bond donors (Lipinski definition) is 0. The van der Waals surface area contributed by atoms with Crippen molar-refractivity contribution >= 4 is 22.4 Å². The standard InChI is InChI=1S/C36H8N10/c1-43-25(17-41)29-23(15-39)24(16-40)30-27(21-9-5-19(13-37)6-10-21)34-33(28(32(29)30)22-11-7-20(14-38)8-12-22)31(26(18-42)44-2)35(45-3)36(34)46-4/h5-12H/b29-25-,31-26-. The highest BCUT2D eigenvalue weighted by Gasteiger charge is 2.43. The van der Waals surface area contributed by atoms with Crippen LogP contribution in [-0.4, -0.2) is 0 Å². The fraction of sp³-hybridized carbons (Fsp3) is 0. The predicted molar refractivity (Wildman–Crippen MR) is 163 cm³/mol. The zero-order valence-electron chi connectivity index (χ0n) is 23.1. The van der Waals surface area contributed by atoms with E-state index in [1.165, 1.54) is 24.3 Å². The summed E-state index contributed by atoms with van der Waals surface area (Å²) in [5, 5.41) is 59.8. The molecule has 0 atom stereocenters. The summed E-state index contributed by atoms with van der Waals surface area (Å²) >= 11 is 0. The second-order valence-electron chi connectivity index (χ2n) is 9.42. The smallest absolute Gasteiger partial charge is 0.251 e. The molecule has 0 N–H and O–H groups in total. The summed E-state index contributed by atoms with van der Waals surface area (Å²) in [4.78, 5) is 14.0. The summed E-state index contributed by atoms with van der Waals surface area (Å²) in [7, 11) is 0. The van der Waals surface area contributed by atoms with Gasteiger partial charge in [0.05, 0.1) is 78.9 Å². The van der Waals surface area contributed by atoms with Gasteiger partial charge in [0.1, 0.15) is 6.07 Å². The lowest BCUT2D eigenvalue weighted by Crippen LogP contribution is -2.04. The summed E-state index contributed by atoms with van der Waals surface area (Å²) in [5.74, 6) is 0. The molecule has 3 aromatic rings. The molecule has 0 saturated heterocycles. The van der Waals surface area contributed by atoms with E-state index in [0.717, 1.165) is 0 Å². The van der Waals surface area contributed by atoms with Crippen molar-refractivity contribution in [2.75, 3.05) is 0 Å². The Morgan fingerprint density at radius 2 is 0.891 bits per heavy atom. The van der Waals surface area contributed by atoms with Crippen molar-refractivity contribution < 1.29 is 0 Å². The van der Waals surface area contributed by atoms with Crippen molar-refractivity contribution in [3.8, 4) is 58.7 Å². The Kier molecular flexibility index (Phi) is 7.21. The average Bonchev–Trinajstić information content (AvgIpc) is 3.61. The number of fused-ring (bicyclic) bond motifs is 2. The monoisotopic (exact) mass is 580 g/mol. The van der Waals surface area contributed by atoms with Crippen LogP contribution in [0.1, 0.15) is 33.4 Å². The maximum absolute atomic E-state index is 10.5. The van der Waals surface area contributed by atoms with Crippen LogP contribution in [0.25, 0.3) is 64.1 Å². The van der Waals surface area contributed by atoms with Crippen molar-refractivity contribution in [3.05, 3.63) is 150 Å². The molecular weight excluding hydrogens is 572 g/mol. The van der Waals surface area contributed by atoms with Crippen LogP contribution in [0.2, 0.25) is 0 Å². The van der Waals surface area contributed by atoms with Gasteiger partial charge in [-0.1, -0.05) is 24.3 Å². The van der Waals surface area contributed by atoms with Gasteiger partial charge in [0.15, 0.2) is 5.70 Å². The largest absolute Gasteiger partial charge is 0.270 e. The third-order valence-corrected chi connectivity index (χ3v) is 7.41. The first kappa shape index (κ1) is 29.0. The highest BCUT2D eigenvalue weighted by Crippen LogP contribution is 2.60. The Labute approximate surface area is 262 Å². The fourth-order valence-electron chi connectivity index (χ4n) is 5.65. The van der Waals surface area contributed by atoms with Gasteiger partial charge in [-0.25, -0.2) is 25.1 Å². The van der Waals surface area contributed by atoms with Gasteiger partial charge >= 0.3 is 0 Å². The molecule has 0 fully saturated rings. The highest BCUT2D eigenvalue weighted by molar-refractivity contribution is 6.22. The topological polar surface area (TPSA) is 160 Å². The SMILES string of the molecule is [C-]#[N+]C1=C([N+]#[C-])c2c(c(-c3ccc(C#N)cc3)c3c(c2-c2ccc(C#N)cc2)C(C#N)=C(C#N)/C3=C(\C#N)[N+]#[C-])/C1=C(\C#N)[N+]#[C-]. The molecule has 202 valence electrons. The van der Waals surface area contributed by atoms with Crippen molar-refractivity contribution in [2.24, 2.45) is 0 Å². The second-order valence-corrected chi connectivity index (χ2v) is 9.42. The third kappa shape index (κ3) is 3.95. The number of allylic oxidation sites excluding steroid dienone is 6. The predicted octanol–water partition coefficient (Wildman–Crippen LogP) is 7.41. The van der Waals surface area contributed by atoms with Gasteiger partial charge in [-0.3, -0.25) is 4.85 Å². The number of rotatable bonds is 2. The molecule has 0 radical (unpaired) electrons. The Hall–Kier alpha value is -8.48. The number of nitrogens with zero attached hydrogens (tertiary/aromatic N) is 10. The first-order chi connectivity index (χ1) is 22.4. The van der Waals surface area contributed by atoms with Gasteiger partial charge in [0.2, 0.25) is 5.70 Å². The highest BCUT2D eigenvalue weighted by atomic mass is 14.8.